The van der Waals surface area contributed by atoms with E-state index in [2.05, 4.69) is 10.6 Å². The molecule has 0 unspecified atom stereocenters. The fraction of sp³-hybridized carbons (Fsp3) is 0.100. The highest BCUT2D eigenvalue weighted by atomic mass is 32.1. The van der Waals surface area contributed by atoms with Gasteiger partial charge in [-0.2, -0.15) is 0 Å². The summed E-state index contributed by atoms with van der Waals surface area (Å²) < 4.78 is 0. The monoisotopic (exact) mass is 350 g/mol. The van der Waals surface area contributed by atoms with E-state index in [4.69, 9.17) is 12.2 Å². The molecule has 0 radical (unpaired) electrons. The maximum atomic E-state index is 12.3. The van der Waals surface area contributed by atoms with Gasteiger partial charge in [-0.05, 0) is 79.0 Å². The van der Waals surface area contributed by atoms with Crippen molar-refractivity contribution < 1.29 is 9.90 Å². The van der Waals surface area contributed by atoms with E-state index in [1.807, 2.05) is 44.2 Å². The first-order chi connectivity index (χ1) is 11.9. The van der Waals surface area contributed by atoms with Gasteiger partial charge in [0.2, 0.25) is 0 Å². The van der Waals surface area contributed by atoms with Gasteiger partial charge in [0.25, 0.3) is 5.91 Å². The lowest BCUT2D eigenvalue weighted by Crippen LogP contribution is -2.34. The third kappa shape index (κ3) is 3.78. The third-order valence-corrected chi connectivity index (χ3v) is 4.31. The Kier molecular flexibility index (Phi) is 4.67. The van der Waals surface area contributed by atoms with Gasteiger partial charge >= 0.3 is 0 Å². The molecule has 3 aromatic carbocycles. The number of phenolic OH excluding ortho intramolecular Hbond substituents is 1. The number of carbonyl (C=O) groups is 1. The Labute approximate surface area is 151 Å². The summed E-state index contributed by atoms with van der Waals surface area (Å²) in [7, 11) is 0. The lowest BCUT2D eigenvalue weighted by molar-refractivity contribution is 0.0977. The first-order valence-electron chi connectivity index (χ1n) is 7.85. The minimum atomic E-state index is -0.251. The number of hydrogen-bond donors (Lipinski definition) is 3. The van der Waals surface area contributed by atoms with Crippen LogP contribution in [-0.4, -0.2) is 16.1 Å². The van der Waals surface area contributed by atoms with Crippen LogP contribution in [0.2, 0.25) is 0 Å². The van der Waals surface area contributed by atoms with E-state index in [0.29, 0.717) is 5.56 Å². The Hall–Kier alpha value is -2.92. The van der Waals surface area contributed by atoms with Crippen LogP contribution in [0.4, 0.5) is 5.69 Å². The lowest BCUT2D eigenvalue weighted by atomic mass is 10.1. The second-order valence-electron chi connectivity index (χ2n) is 5.92. The SMILES string of the molecule is Cc1ccc(C(=O)NC(=S)Nc2cccc3cc(O)ccc23)cc1C. The van der Waals surface area contributed by atoms with Crippen LogP contribution in [0.25, 0.3) is 10.8 Å². The number of amides is 1. The molecule has 126 valence electrons. The number of anilines is 1. The van der Waals surface area contributed by atoms with Crippen molar-refractivity contribution in [1.82, 2.24) is 5.32 Å². The topological polar surface area (TPSA) is 61.4 Å². The van der Waals surface area contributed by atoms with Crippen molar-refractivity contribution in [3.63, 3.8) is 0 Å². The number of aryl methyl sites for hydroxylation is 2. The second-order valence-corrected chi connectivity index (χ2v) is 6.33. The van der Waals surface area contributed by atoms with Gasteiger partial charge in [0.05, 0.1) is 0 Å². The summed E-state index contributed by atoms with van der Waals surface area (Å²) in [5.74, 6) is -0.0475. The van der Waals surface area contributed by atoms with Crippen molar-refractivity contribution in [3.8, 4) is 5.75 Å². The van der Waals surface area contributed by atoms with Gasteiger partial charge in [-0.1, -0.05) is 18.2 Å². The van der Waals surface area contributed by atoms with E-state index in [9.17, 15) is 9.90 Å². The quantitative estimate of drug-likeness (QED) is 0.604. The van der Waals surface area contributed by atoms with Crippen LogP contribution in [-0.2, 0) is 0 Å². The molecule has 0 fully saturated rings. The zero-order chi connectivity index (χ0) is 18.0. The Morgan fingerprint density at radius 2 is 1.80 bits per heavy atom. The van der Waals surface area contributed by atoms with Gasteiger partial charge in [0.15, 0.2) is 5.11 Å². The van der Waals surface area contributed by atoms with Crippen LogP contribution in [0.1, 0.15) is 21.5 Å². The average Bonchev–Trinajstić information content (AvgIpc) is 2.57. The summed E-state index contributed by atoms with van der Waals surface area (Å²) in [6.45, 7) is 3.97. The molecule has 1 amide bonds. The van der Waals surface area contributed by atoms with Crippen molar-refractivity contribution in [2.45, 2.75) is 13.8 Å². The Bertz CT molecular complexity index is 983. The standard InChI is InChI=1S/C20H18N2O2S/c1-12-6-7-15(10-13(12)2)19(24)22-20(25)21-18-5-3-4-14-11-16(23)8-9-17(14)18/h3-11,23H,1-2H3,(H2,21,22,24,25). The molecular formula is C20H18N2O2S. The van der Waals surface area contributed by atoms with Crippen LogP contribution in [0.3, 0.4) is 0 Å². The number of carbonyl (C=O) groups excluding carboxylic acids is 1. The first-order valence-corrected chi connectivity index (χ1v) is 8.26. The molecule has 3 rings (SSSR count). The molecule has 0 aromatic heterocycles. The highest BCUT2D eigenvalue weighted by Crippen LogP contribution is 2.26. The summed E-state index contributed by atoms with van der Waals surface area (Å²) in [6, 6.07) is 16.3. The third-order valence-electron chi connectivity index (χ3n) is 4.11. The molecule has 0 aliphatic carbocycles. The van der Waals surface area contributed by atoms with Crippen molar-refractivity contribution >= 4 is 39.7 Å². The molecule has 0 heterocycles. The second kappa shape index (κ2) is 6.91. The molecule has 0 aliphatic rings. The van der Waals surface area contributed by atoms with Crippen molar-refractivity contribution in [1.29, 1.82) is 0 Å². The minimum Gasteiger partial charge on any atom is -0.508 e. The Morgan fingerprint density at radius 3 is 2.56 bits per heavy atom. The molecule has 5 heteroatoms. The number of nitrogens with one attached hydrogen (secondary N) is 2. The van der Waals surface area contributed by atoms with Crippen LogP contribution in [0.15, 0.2) is 54.6 Å². The number of benzene rings is 3. The largest absolute Gasteiger partial charge is 0.508 e. The molecule has 0 saturated carbocycles. The molecule has 4 nitrogen and oxygen atoms in total. The van der Waals surface area contributed by atoms with E-state index in [1.165, 1.54) is 0 Å². The number of hydrogen-bond acceptors (Lipinski definition) is 3. The zero-order valence-electron chi connectivity index (χ0n) is 14.0. The summed E-state index contributed by atoms with van der Waals surface area (Å²) in [5.41, 5.74) is 3.52. The molecule has 0 saturated heterocycles. The first kappa shape index (κ1) is 16.9. The predicted octanol–water partition coefficient (Wildman–Crippen LogP) is 4.29. The summed E-state index contributed by atoms with van der Waals surface area (Å²) in [5, 5.41) is 17.3. The van der Waals surface area contributed by atoms with Crippen LogP contribution in [0, 0.1) is 13.8 Å². The van der Waals surface area contributed by atoms with E-state index in [-0.39, 0.29) is 16.8 Å². The highest BCUT2D eigenvalue weighted by Gasteiger charge is 2.10. The van der Waals surface area contributed by atoms with Crippen LogP contribution < -0.4 is 10.6 Å². The molecule has 0 bridgehead atoms. The van der Waals surface area contributed by atoms with E-state index in [1.54, 1.807) is 24.3 Å². The summed E-state index contributed by atoms with van der Waals surface area (Å²) in [4.78, 5) is 12.3. The van der Waals surface area contributed by atoms with E-state index in [0.717, 1.165) is 27.6 Å². The smallest absolute Gasteiger partial charge is 0.257 e. The van der Waals surface area contributed by atoms with Crippen LogP contribution >= 0.6 is 12.2 Å². The van der Waals surface area contributed by atoms with Crippen molar-refractivity contribution in [3.05, 3.63) is 71.3 Å². The molecule has 25 heavy (non-hydrogen) atoms. The van der Waals surface area contributed by atoms with Gasteiger partial charge in [-0.25, -0.2) is 0 Å². The fourth-order valence-electron chi connectivity index (χ4n) is 2.59. The van der Waals surface area contributed by atoms with Gasteiger partial charge in [0, 0.05) is 16.6 Å². The molecule has 0 spiro atoms. The Balaban J connectivity index is 1.76. The minimum absolute atomic E-state index is 0.204. The van der Waals surface area contributed by atoms with E-state index < -0.39 is 0 Å². The average molecular weight is 350 g/mol. The summed E-state index contributed by atoms with van der Waals surface area (Å²) >= 11 is 5.27. The highest BCUT2D eigenvalue weighted by molar-refractivity contribution is 7.80. The van der Waals surface area contributed by atoms with Crippen LogP contribution in [0.5, 0.6) is 5.75 Å². The number of thiocarbonyl (C=S) groups is 1. The van der Waals surface area contributed by atoms with Crippen molar-refractivity contribution in [2.24, 2.45) is 0 Å². The number of aromatic hydroxyl groups is 1. The molecule has 3 aromatic rings. The maximum Gasteiger partial charge on any atom is 0.257 e. The number of rotatable bonds is 2. The van der Waals surface area contributed by atoms with Gasteiger partial charge in [-0.15, -0.1) is 0 Å². The lowest BCUT2D eigenvalue weighted by Gasteiger charge is -2.12. The predicted molar refractivity (Wildman–Crippen MR) is 105 cm³/mol. The van der Waals surface area contributed by atoms with Crippen molar-refractivity contribution in [2.75, 3.05) is 5.32 Å². The van der Waals surface area contributed by atoms with Gasteiger partial charge in [0.1, 0.15) is 5.75 Å². The molecular weight excluding hydrogens is 332 g/mol. The van der Waals surface area contributed by atoms with Gasteiger partial charge in [-0.3, -0.25) is 10.1 Å². The number of phenols is 1. The van der Waals surface area contributed by atoms with E-state index >= 15 is 0 Å². The Morgan fingerprint density at radius 1 is 1.00 bits per heavy atom. The molecule has 0 aliphatic heterocycles. The molecule has 3 N–H and O–H groups in total. The maximum absolute atomic E-state index is 12.3. The molecule has 0 atom stereocenters. The fourth-order valence-corrected chi connectivity index (χ4v) is 2.79. The normalized spacial score (nSPS) is 10.5. The zero-order valence-corrected chi connectivity index (χ0v) is 14.8. The summed E-state index contributed by atoms with van der Waals surface area (Å²) in [6.07, 6.45) is 0. The van der Waals surface area contributed by atoms with Gasteiger partial charge < -0.3 is 10.4 Å². The number of fused-ring (bicyclic) bond motifs is 1.